The second kappa shape index (κ2) is 6.06. The first-order valence-corrected chi connectivity index (χ1v) is 9.47. The Balaban J connectivity index is 1.70. The lowest BCUT2D eigenvalue weighted by Crippen LogP contribution is -2.27. The summed E-state index contributed by atoms with van der Waals surface area (Å²) in [6, 6.07) is 18.7. The molecule has 5 rings (SSSR count). The van der Waals surface area contributed by atoms with Crippen LogP contribution in [0.15, 0.2) is 54.6 Å². The van der Waals surface area contributed by atoms with Gasteiger partial charge in [-0.1, -0.05) is 56.3 Å². The van der Waals surface area contributed by atoms with Gasteiger partial charge in [-0.2, -0.15) is 5.10 Å². The van der Waals surface area contributed by atoms with E-state index in [0.717, 1.165) is 42.2 Å². The molecule has 5 heteroatoms. The number of imidazole rings is 1. The Hall–Kier alpha value is -2.92. The summed E-state index contributed by atoms with van der Waals surface area (Å²) in [6.45, 7) is 6.32. The number of aromatic amines is 1. The number of aromatic nitrogens is 4. The molecule has 136 valence electrons. The molecule has 0 unspecified atom stereocenters. The van der Waals surface area contributed by atoms with Gasteiger partial charge in [-0.3, -0.25) is 0 Å². The van der Waals surface area contributed by atoms with Crippen molar-refractivity contribution in [3.63, 3.8) is 0 Å². The Kier molecular flexibility index (Phi) is 3.65. The van der Waals surface area contributed by atoms with E-state index in [1.165, 1.54) is 16.8 Å². The number of hydrogen-bond acceptors (Lipinski definition) is 3. The van der Waals surface area contributed by atoms with E-state index in [9.17, 15) is 0 Å². The Bertz CT molecular complexity index is 1070. The van der Waals surface area contributed by atoms with Crippen LogP contribution in [-0.4, -0.2) is 26.3 Å². The predicted octanol–water partition coefficient (Wildman–Crippen LogP) is 3.72. The molecule has 1 aliphatic rings. The van der Waals surface area contributed by atoms with E-state index in [2.05, 4.69) is 60.5 Å². The minimum atomic E-state index is -0.179. The lowest BCUT2D eigenvalue weighted by Gasteiger charge is -2.26. The molecule has 2 aromatic heterocycles. The highest BCUT2D eigenvalue weighted by Crippen LogP contribution is 2.35. The largest absolute Gasteiger partial charge is 0.322 e. The molecule has 1 aliphatic heterocycles. The van der Waals surface area contributed by atoms with E-state index in [1.54, 1.807) is 0 Å². The van der Waals surface area contributed by atoms with Gasteiger partial charge >= 0.3 is 0 Å². The van der Waals surface area contributed by atoms with Crippen molar-refractivity contribution in [3.8, 4) is 5.95 Å². The summed E-state index contributed by atoms with van der Waals surface area (Å²) < 4.78 is 2.02. The fourth-order valence-corrected chi connectivity index (χ4v) is 4.06. The van der Waals surface area contributed by atoms with Crippen molar-refractivity contribution in [3.05, 3.63) is 77.1 Å². The fraction of sp³-hybridized carbons (Fsp3) is 0.273. The normalized spacial score (nSPS) is 14.4. The number of fused-ring (bicyclic) bond motifs is 2. The van der Waals surface area contributed by atoms with Gasteiger partial charge < -0.3 is 10.3 Å². The van der Waals surface area contributed by atoms with Gasteiger partial charge in [-0.05, 0) is 17.7 Å². The van der Waals surface area contributed by atoms with Crippen LogP contribution in [0.1, 0.15) is 36.4 Å². The summed E-state index contributed by atoms with van der Waals surface area (Å²) in [7, 11) is 0. The molecule has 2 N–H and O–H groups in total. The van der Waals surface area contributed by atoms with Crippen molar-refractivity contribution in [2.24, 2.45) is 0 Å². The zero-order valence-corrected chi connectivity index (χ0v) is 15.7. The molecule has 0 fully saturated rings. The number of benzene rings is 2. The van der Waals surface area contributed by atoms with E-state index < -0.39 is 0 Å². The van der Waals surface area contributed by atoms with Crippen LogP contribution in [0.5, 0.6) is 0 Å². The molecule has 0 saturated heterocycles. The van der Waals surface area contributed by atoms with Crippen LogP contribution in [0.25, 0.3) is 17.0 Å². The van der Waals surface area contributed by atoms with E-state index in [0.29, 0.717) is 0 Å². The maximum Gasteiger partial charge on any atom is 0.229 e. The monoisotopic (exact) mass is 357 g/mol. The third-order valence-electron chi connectivity index (χ3n) is 5.60. The zero-order chi connectivity index (χ0) is 18.4. The number of rotatable bonds is 3. The van der Waals surface area contributed by atoms with Gasteiger partial charge in [-0.25, -0.2) is 9.67 Å². The quantitative estimate of drug-likeness (QED) is 0.587. The van der Waals surface area contributed by atoms with Crippen molar-refractivity contribution in [1.82, 2.24) is 25.1 Å². The van der Waals surface area contributed by atoms with Crippen molar-refractivity contribution in [2.75, 3.05) is 6.54 Å². The van der Waals surface area contributed by atoms with Crippen LogP contribution in [0.3, 0.4) is 0 Å². The van der Waals surface area contributed by atoms with Crippen molar-refractivity contribution in [1.29, 1.82) is 0 Å². The predicted molar refractivity (Wildman–Crippen MR) is 107 cm³/mol. The molecular weight excluding hydrogens is 334 g/mol. The Morgan fingerprint density at radius 1 is 1.00 bits per heavy atom. The standard InChI is InChI=1S/C22H23N5/c1-22(2,15-8-4-3-5-9-15)20-16-14-23-13-12-19(16)27(26-20)21-24-17-10-6-7-11-18(17)25-21/h3-11,23H,12-14H2,1-2H3,(H,24,25). The number of para-hydroxylation sites is 2. The topological polar surface area (TPSA) is 58.5 Å². The first-order chi connectivity index (χ1) is 13.1. The van der Waals surface area contributed by atoms with Gasteiger partial charge in [-0.15, -0.1) is 0 Å². The molecule has 0 amide bonds. The molecule has 2 aromatic carbocycles. The number of H-pyrrole nitrogens is 1. The molecule has 0 radical (unpaired) electrons. The molecule has 27 heavy (non-hydrogen) atoms. The molecule has 0 spiro atoms. The minimum absolute atomic E-state index is 0.179. The molecule has 3 heterocycles. The Labute approximate surface area is 158 Å². The van der Waals surface area contributed by atoms with Gasteiger partial charge in [0.2, 0.25) is 5.95 Å². The summed E-state index contributed by atoms with van der Waals surface area (Å²) in [4.78, 5) is 8.22. The first-order valence-electron chi connectivity index (χ1n) is 9.47. The minimum Gasteiger partial charge on any atom is -0.322 e. The maximum absolute atomic E-state index is 5.09. The average molecular weight is 357 g/mol. The smallest absolute Gasteiger partial charge is 0.229 e. The number of hydrogen-bond donors (Lipinski definition) is 2. The average Bonchev–Trinajstić information content (AvgIpc) is 3.30. The summed E-state index contributed by atoms with van der Waals surface area (Å²) >= 11 is 0. The Morgan fingerprint density at radius 2 is 1.78 bits per heavy atom. The first kappa shape index (κ1) is 16.3. The van der Waals surface area contributed by atoms with Crippen LogP contribution in [-0.2, 0) is 18.4 Å². The molecule has 0 saturated carbocycles. The van der Waals surface area contributed by atoms with E-state index in [-0.39, 0.29) is 5.41 Å². The van der Waals surface area contributed by atoms with Crippen LogP contribution < -0.4 is 5.32 Å². The third kappa shape index (κ3) is 2.58. The fourth-order valence-electron chi connectivity index (χ4n) is 4.06. The van der Waals surface area contributed by atoms with Crippen LogP contribution in [0.4, 0.5) is 0 Å². The summed E-state index contributed by atoms with van der Waals surface area (Å²) in [6.07, 6.45) is 0.949. The summed E-state index contributed by atoms with van der Waals surface area (Å²) in [5, 5.41) is 8.60. The molecule has 5 nitrogen and oxygen atoms in total. The van der Waals surface area contributed by atoms with Crippen LogP contribution in [0.2, 0.25) is 0 Å². The summed E-state index contributed by atoms with van der Waals surface area (Å²) in [5.41, 5.74) is 6.78. The summed E-state index contributed by atoms with van der Waals surface area (Å²) in [5.74, 6) is 0.796. The molecule has 0 aliphatic carbocycles. The van der Waals surface area contributed by atoms with Gasteiger partial charge in [0.15, 0.2) is 0 Å². The maximum atomic E-state index is 5.09. The lowest BCUT2D eigenvalue weighted by atomic mass is 9.79. The van der Waals surface area contributed by atoms with Gasteiger partial charge in [0.1, 0.15) is 0 Å². The van der Waals surface area contributed by atoms with Crippen molar-refractivity contribution in [2.45, 2.75) is 32.2 Å². The van der Waals surface area contributed by atoms with Crippen LogP contribution >= 0.6 is 0 Å². The highest BCUT2D eigenvalue weighted by Gasteiger charge is 2.33. The van der Waals surface area contributed by atoms with E-state index in [4.69, 9.17) is 10.1 Å². The van der Waals surface area contributed by atoms with E-state index >= 15 is 0 Å². The van der Waals surface area contributed by atoms with Crippen molar-refractivity contribution >= 4 is 11.0 Å². The molecule has 0 atom stereocenters. The van der Waals surface area contributed by atoms with Gasteiger partial charge in [0.05, 0.1) is 22.4 Å². The number of nitrogens with zero attached hydrogens (tertiary/aromatic N) is 3. The SMILES string of the molecule is CC(C)(c1ccccc1)c1nn(-c2nc3ccccc3[nH]2)c2c1CNCC2. The van der Waals surface area contributed by atoms with Gasteiger partial charge in [0.25, 0.3) is 0 Å². The second-order valence-corrected chi connectivity index (χ2v) is 7.68. The highest BCUT2D eigenvalue weighted by molar-refractivity contribution is 5.76. The molecular formula is C22H23N5. The highest BCUT2D eigenvalue weighted by atomic mass is 15.4. The number of nitrogens with one attached hydrogen (secondary N) is 2. The second-order valence-electron chi connectivity index (χ2n) is 7.68. The zero-order valence-electron chi connectivity index (χ0n) is 15.7. The van der Waals surface area contributed by atoms with E-state index in [1.807, 2.05) is 22.9 Å². The Morgan fingerprint density at radius 3 is 2.59 bits per heavy atom. The molecule has 0 bridgehead atoms. The molecule has 4 aromatic rings. The van der Waals surface area contributed by atoms with Gasteiger partial charge in [0, 0.05) is 30.5 Å². The van der Waals surface area contributed by atoms with Crippen molar-refractivity contribution < 1.29 is 0 Å². The van der Waals surface area contributed by atoms with Crippen LogP contribution in [0, 0.1) is 0 Å². The third-order valence-corrected chi connectivity index (χ3v) is 5.60. The lowest BCUT2D eigenvalue weighted by molar-refractivity contribution is 0.586.